The minimum atomic E-state index is 0.874. The van der Waals surface area contributed by atoms with Crippen molar-refractivity contribution in [2.24, 2.45) is 0 Å². The molecule has 4 heteroatoms. The summed E-state index contributed by atoms with van der Waals surface area (Å²) in [7, 11) is 0. The number of benzene rings is 7. The number of furan rings is 2. The molecule has 0 aliphatic rings. The summed E-state index contributed by atoms with van der Waals surface area (Å²) in [6.45, 7) is 0. The number of rotatable bonds is 2. The van der Waals surface area contributed by atoms with Crippen LogP contribution in [-0.4, -0.2) is 4.57 Å². The van der Waals surface area contributed by atoms with Crippen LogP contribution in [0.1, 0.15) is 0 Å². The van der Waals surface area contributed by atoms with Gasteiger partial charge in [-0.25, -0.2) is 0 Å². The molecule has 0 fully saturated rings. The number of fused-ring (bicyclic) bond motifs is 13. The van der Waals surface area contributed by atoms with Gasteiger partial charge in [-0.05, 0) is 54.1 Å². The standard InChI is InChI=1S/C42H23NO2S/c1-4-15-33-31(11-1)40-34(22-21-28-25-9-2-5-16-35(25)45-41(28)40)43(33)24-19-20-32-37(23-24)44-36-17-8-12-27(39(32)36)30-14-7-13-29-26-10-3-6-18-38(26)46-42(29)30/h1-23H. The predicted octanol–water partition coefficient (Wildman–Crippen LogP) is 12.6. The lowest BCUT2D eigenvalue weighted by atomic mass is 9.98. The lowest BCUT2D eigenvalue weighted by Crippen LogP contribution is -1.93. The molecule has 4 aromatic heterocycles. The molecule has 4 heterocycles. The van der Waals surface area contributed by atoms with Crippen LogP contribution in [0.2, 0.25) is 0 Å². The highest BCUT2D eigenvalue weighted by atomic mass is 32.1. The highest BCUT2D eigenvalue weighted by Crippen LogP contribution is 2.45. The second kappa shape index (κ2) is 8.87. The van der Waals surface area contributed by atoms with Gasteiger partial charge in [0.1, 0.15) is 22.3 Å². The Morgan fingerprint density at radius 1 is 0.435 bits per heavy atom. The fraction of sp³-hybridized carbons (Fsp3) is 0. The Hall–Kier alpha value is -5.84. The summed E-state index contributed by atoms with van der Waals surface area (Å²) in [6.07, 6.45) is 0. The molecule has 46 heavy (non-hydrogen) atoms. The lowest BCUT2D eigenvalue weighted by molar-refractivity contribution is 0.668. The first-order valence-electron chi connectivity index (χ1n) is 15.5. The van der Waals surface area contributed by atoms with Gasteiger partial charge in [-0.15, -0.1) is 11.3 Å². The molecule has 0 unspecified atom stereocenters. The van der Waals surface area contributed by atoms with Crippen molar-refractivity contribution in [2.75, 3.05) is 0 Å². The van der Waals surface area contributed by atoms with E-state index < -0.39 is 0 Å². The van der Waals surface area contributed by atoms with Crippen molar-refractivity contribution in [1.29, 1.82) is 0 Å². The zero-order valence-corrected chi connectivity index (χ0v) is 25.3. The lowest BCUT2D eigenvalue weighted by Gasteiger charge is -2.08. The zero-order valence-electron chi connectivity index (χ0n) is 24.5. The first-order chi connectivity index (χ1) is 22.8. The van der Waals surface area contributed by atoms with Crippen molar-refractivity contribution in [1.82, 2.24) is 4.57 Å². The van der Waals surface area contributed by atoms with Crippen LogP contribution in [0.25, 0.3) is 103 Å². The number of para-hydroxylation sites is 2. The van der Waals surface area contributed by atoms with Gasteiger partial charge in [-0.2, -0.15) is 0 Å². The Morgan fingerprint density at radius 2 is 1.17 bits per heavy atom. The Balaban J connectivity index is 1.17. The molecule has 0 saturated heterocycles. The summed E-state index contributed by atoms with van der Waals surface area (Å²) in [5.74, 6) is 0. The number of nitrogens with zero attached hydrogens (tertiary/aromatic N) is 1. The molecule has 214 valence electrons. The van der Waals surface area contributed by atoms with Crippen molar-refractivity contribution in [3.63, 3.8) is 0 Å². The third-order valence-electron chi connectivity index (χ3n) is 9.61. The van der Waals surface area contributed by atoms with Gasteiger partial charge < -0.3 is 13.4 Å². The number of aromatic nitrogens is 1. The second-order valence-corrected chi connectivity index (χ2v) is 13.1. The van der Waals surface area contributed by atoms with Crippen LogP contribution < -0.4 is 0 Å². The van der Waals surface area contributed by atoms with Gasteiger partial charge in [-0.3, -0.25) is 0 Å². The van der Waals surface area contributed by atoms with E-state index in [9.17, 15) is 0 Å². The summed E-state index contributed by atoms with van der Waals surface area (Å²) >= 11 is 1.86. The van der Waals surface area contributed by atoms with Gasteiger partial charge in [0, 0.05) is 64.4 Å². The van der Waals surface area contributed by atoms with Crippen LogP contribution in [0, 0.1) is 0 Å². The van der Waals surface area contributed by atoms with E-state index in [-0.39, 0.29) is 0 Å². The maximum absolute atomic E-state index is 6.63. The van der Waals surface area contributed by atoms with E-state index in [4.69, 9.17) is 8.83 Å². The number of thiophene rings is 1. The van der Waals surface area contributed by atoms with Crippen molar-refractivity contribution in [2.45, 2.75) is 0 Å². The number of hydrogen-bond acceptors (Lipinski definition) is 3. The average molecular weight is 606 g/mol. The molecule has 0 radical (unpaired) electrons. The van der Waals surface area contributed by atoms with Crippen molar-refractivity contribution in [3.05, 3.63) is 140 Å². The highest BCUT2D eigenvalue weighted by molar-refractivity contribution is 7.26. The van der Waals surface area contributed by atoms with Gasteiger partial charge in [0.25, 0.3) is 0 Å². The van der Waals surface area contributed by atoms with E-state index in [0.717, 1.165) is 66.0 Å². The first-order valence-corrected chi connectivity index (χ1v) is 16.3. The quantitative estimate of drug-likeness (QED) is 0.196. The summed E-state index contributed by atoms with van der Waals surface area (Å²) in [4.78, 5) is 0. The van der Waals surface area contributed by atoms with Gasteiger partial charge in [-0.1, -0.05) is 84.9 Å². The smallest absolute Gasteiger partial charge is 0.145 e. The van der Waals surface area contributed by atoms with Gasteiger partial charge in [0.2, 0.25) is 0 Å². The maximum atomic E-state index is 6.63. The summed E-state index contributed by atoms with van der Waals surface area (Å²) in [6, 6.07) is 49.7. The van der Waals surface area contributed by atoms with Crippen LogP contribution >= 0.6 is 11.3 Å². The molecule has 0 amide bonds. The fourth-order valence-electron chi connectivity index (χ4n) is 7.65. The molecular weight excluding hydrogens is 583 g/mol. The average Bonchev–Trinajstić information content (AvgIpc) is 3.86. The summed E-state index contributed by atoms with van der Waals surface area (Å²) < 4.78 is 18.1. The Morgan fingerprint density at radius 3 is 2.13 bits per heavy atom. The van der Waals surface area contributed by atoms with Crippen LogP contribution in [0.15, 0.2) is 148 Å². The highest BCUT2D eigenvalue weighted by Gasteiger charge is 2.20. The van der Waals surface area contributed by atoms with E-state index in [1.807, 2.05) is 23.5 Å². The van der Waals surface area contributed by atoms with E-state index >= 15 is 0 Å². The van der Waals surface area contributed by atoms with E-state index in [0.29, 0.717) is 0 Å². The van der Waals surface area contributed by atoms with Gasteiger partial charge in [0.15, 0.2) is 0 Å². The molecule has 0 N–H and O–H groups in total. The zero-order chi connectivity index (χ0) is 29.9. The van der Waals surface area contributed by atoms with Crippen LogP contribution in [0.5, 0.6) is 0 Å². The number of hydrogen-bond donors (Lipinski definition) is 0. The van der Waals surface area contributed by atoms with Crippen LogP contribution in [0.3, 0.4) is 0 Å². The normalized spacial score (nSPS) is 12.3. The van der Waals surface area contributed by atoms with E-state index in [1.54, 1.807) is 0 Å². The molecular formula is C42H23NO2S. The predicted molar refractivity (Wildman–Crippen MR) is 194 cm³/mol. The Labute approximate surface area is 266 Å². The van der Waals surface area contributed by atoms with Crippen molar-refractivity contribution in [3.8, 4) is 16.8 Å². The maximum Gasteiger partial charge on any atom is 0.145 e. The monoisotopic (exact) mass is 605 g/mol. The first kappa shape index (κ1) is 24.5. The molecule has 0 aliphatic carbocycles. The van der Waals surface area contributed by atoms with Crippen LogP contribution in [0.4, 0.5) is 0 Å². The minimum Gasteiger partial charge on any atom is -0.456 e. The Kier molecular flexibility index (Phi) is 4.72. The Bertz CT molecular complexity index is 3040. The molecule has 7 aromatic carbocycles. The SMILES string of the molecule is c1ccc2c(c1)oc1c2ccc2c1c1ccccc1n2-c1ccc2c(c1)oc1cccc(-c3cccc4c3sc3ccccc34)c12. The molecule has 0 atom stereocenters. The molecule has 11 rings (SSSR count). The summed E-state index contributed by atoms with van der Waals surface area (Å²) in [5.41, 5.74) is 9.36. The molecule has 0 spiro atoms. The third-order valence-corrected chi connectivity index (χ3v) is 10.8. The van der Waals surface area contributed by atoms with E-state index in [2.05, 4.69) is 132 Å². The van der Waals surface area contributed by atoms with Crippen molar-refractivity contribution >= 4 is 97.2 Å². The molecule has 11 aromatic rings. The van der Waals surface area contributed by atoms with Gasteiger partial charge in [0.05, 0.1) is 16.4 Å². The molecule has 0 bridgehead atoms. The van der Waals surface area contributed by atoms with Gasteiger partial charge >= 0.3 is 0 Å². The van der Waals surface area contributed by atoms with Crippen LogP contribution in [-0.2, 0) is 0 Å². The van der Waals surface area contributed by atoms with Crippen molar-refractivity contribution < 1.29 is 8.83 Å². The second-order valence-electron chi connectivity index (χ2n) is 12.0. The largest absolute Gasteiger partial charge is 0.456 e. The summed E-state index contributed by atoms with van der Waals surface area (Å²) in [5, 5.41) is 9.47. The minimum absolute atomic E-state index is 0.874. The third kappa shape index (κ3) is 3.16. The molecule has 0 aliphatic heterocycles. The molecule has 0 saturated carbocycles. The fourth-order valence-corrected chi connectivity index (χ4v) is 8.88. The topological polar surface area (TPSA) is 31.2 Å². The van der Waals surface area contributed by atoms with E-state index in [1.165, 1.54) is 36.7 Å². The molecule has 3 nitrogen and oxygen atoms in total.